The van der Waals surface area contributed by atoms with Gasteiger partial charge in [-0.15, -0.1) is 0 Å². The first-order valence-electron chi connectivity index (χ1n) is 10.0. The van der Waals surface area contributed by atoms with E-state index in [1.54, 1.807) is 58.9 Å². The molecule has 1 aliphatic heterocycles. The zero-order chi connectivity index (χ0) is 22.9. The molecule has 2 N–H and O–H groups in total. The van der Waals surface area contributed by atoms with Gasteiger partial charge in [0.05, 0.1) is 0 Å². The number of carbonyl (C=O) groups excluding carboxylic acids is 1. The lowest BCUT2D eigenvalue weighted by molar-refractivity contribution is -0.151. The topological polar surface area (TPSA) is 104 Å². The van der Waals surface area contributed by atoms with Gasteiger partial charge in [0.2, 0.25) is 0 Å². The van der Waals surface area contributed by atoms with E-state index in [1.807, 2.05) is 0 Å². The van der Waals surface area contributed by atoms with Crippen LogP contribution in [0, 0.1) is 17.3 Å². The smallest absolute Gasteiger partial charge is 0.325 e. The number of nitrogens with one attached hydrogen (secondary N) is 1. The minimum Gasteiger partial charge on any atom is -0.480 e. The van der Waals surface area contributed by atoms with Crippen molar-refractivity contribution in [3.8, 4) is 0 Å². The van der Waals surface area contributed by atoms with Crippen LogP contribution < -0.4 is 4.72 Å². The Hall–Kier alpha value is -1.48. The summed E-state index contributed by atoms with van der Waals surface area (Å²) in [7, 11) is -4.06. The van der Waals surface area contributed by atoms with Gasteiger partial charge in [-0.25, -0.2) is 0 Å². The molecule has 1 aromatic carbocycles. The van der Waals surface area contributed by atoms with Gasteiger partial charge < -0.3 is 5.11 Å². The molecule has 0 aliphatic carbocycles. The Bertz CT molecular complexity index is 885. The monoisotopic (exact) mass is 458 g/mol. The largest absolute Gasteiger partial charge is 0.480 e. The first-order valence-corrected chi connectivity index (χ1v) is 11.9. The zero-order valence-electron chi connectivity index (χ0n) is 18.1. The minimum absolute atomic E-state index is 0.0339. The molecule has 1 heterocycles. The third-order valence-corrected chi connectivity index (χ3v) is 7.85. The Labute approximate surface area is 184 Å². The summed E-state index contributed by atoms with van der Waals surface area (Å²) in [6.07, 6.45) is 0.749. The Morgan fingerprint density at radius 3 is 2.03 bits per heavy atom. The van der Waals surface area contributed by atoms with E-state index in [4.69, 9.17) is 11.6 Å². The normalized spacial score (nSPS) is 18.9. The fourth-order valence-electron chi connectivity index (χ4n) is 4.22. The van der Waals surface area contributed by atoms with Gasteiger partial charge in [-0.2, -0.15) is 17.4 Å². The van der Waals surface area contributed by atoms with Crippen molar-refractivity contribution in [2.75, 3.05) is 13.1 Å². The third-order valence-electron chi connectivity index (χ3n) is 5.97. The van der Waals surface area contributed by atoms with E-state index in [1.165, 1.54) is 4.31 Å². The molecule has 9 heteroatoms. The molecule has 1 aliphatic rings. The van der Waals surface area contributed by atoms with Gasteiger partial charge in [-0.1, -0.05) is 46.2 Å². The van der Waals surface area contributed by atoms with Crippen LogP contribution in [0.4, 0.5) is 0 Å². The molecule has 0 bridgehead atoms. The molecule has 0 amide bonds. The summed E-state index contributed by atoms with van der Waals surface area (Å²) in [5.74, 6) is -2.00. The molecule has 0 aromatic heterocycles. The van der Waals surface area contributed by atoms with Crippen molar-refractivity contribution in [1.82, 2.24) is 9.03 Å². The quantitative estimate of drug-likeness (QED) is 0.607. The molecule has 0 unspecified atom stereocenters. The molecule has 0 saturated carbocycles. The van der Waals surface area contributed by atoms with Crippen LogP contribution in [-0.2, 0) is 15.0 Å². The predicted octanol–water partition coefficient (Wildman–Crippen LogP) is 3.59. The second kappa shape index (κ2) is 8.94. The number of rotatable bonds is 7. The van der Waals surface area contributed by atoms with Crippen LogP contribution in [0.3, 0.4) is 0 Å². The van der Waals surface area contributed by atoms with E-state index < -0.39 is 33.1 Å². The van der Waals surface area contributed by atoms with E-state index in [-0.39, 0.29) is 24.8 Å². The number of benzene rings is 1. The highest BCUT2D eigenvalue weighted by atomic mass is 35.5. The zero-order valence-corrected chi connectivity index (χ0v) is 19.7. The Morgan fingerprint density at radius 1 is 1.13 bits per heavy atom. The Kier molecular flexibility index (Phi) is 7.39. The summed E-state index contributed by atoms with van der Waals surface area (Å²) in [6, 6.07) is 6.65. The standard InChI is InChI=1S/C21H31ClN2O5S/c1-14(2)21(19(26)27,20(3,4)5)23-30(28,29)24-12-10-16(11-13-24)18(25)15-6-8-17(22)9-7-15/h6-9,14,16,23H,10-13H2,1-5H3,(H,26,27)/t21-/m0/s1. The molecule has 0 spiro atoms. The minimum atomic E-state index is -4.06. The second-order valence-corrected chi connectivity index (χ2v) is 11.3. The number of nitrogens with zero attached hydrogens (tertiary/aromatic N) is 1. The summed E-state index contributed by atoms with van der Waals surface area (Å²) in [6.45, 7) is 8.81. The number of hydrogen-bond acceptors (Lipinski definition) is 4. The number of carboxylic acid groups (broad SMARTS) is 1. The first kappa shape index (κ1) is 24.8. The fourth-order valence-corrected chi connectivity index (χ4v) is 6.21. The van der Waals surface area contributed by atoms with Gasteiger partial charge in [0.15, 0.2) is 5.78 Å². The van der Waals surface area contributed by atoms with Crippen LogP contribution in [-0.4, -0.2) is 48.2 Å². The highest BCUT2D eigenvalue weighted by Crippen LogP contribution is 2.38. The van der Waals surface area contributed by atoms with Crippen molar-refractivity contribution in [2.45, 2.75) is 53.0 Å². The number of carbonyl (C=O) groups is 2. The van der Waals surface area contributed by atoms with Gasteiger partial charge >= 0.3 is 5.97 Å². The van der Waals surface area contributed by atoms with Crippen molar-refractivity contribution in [1.29, 1.82) is 0 Å². The van der Waals surface area contributed by atoms with E-state index >= 15 is 0 Å². The number of halogens is 1. The molecule has 168 valence electrons. The van der Waals surface area contributed by atoms with Gasteiger partial charge in [-0.3, -0.25) is 9.59 Å². The molecule has 1 aromatic rings. The van der Waals surface area contributed by atoms with E-state index in [0.717, 1.165) is 0 Å². The fraction of sp³-hybridized carbons (Fsp3) is 0.619. The van der Waals surface area contributed by atoms with Crippen molar-refractivity contribution in [3.05, 3.63) is 34.9 Å². The number of aliphatic carboxylic acids is 1. The number of Topliss-reactive ketones (excluding diaryl/α,β-unsaturated/α-hetero) is 1. The predicted molar refractivity (Wildman–Crippen MR) is 117 cm³/mol. The lowest BCUT2D eigenvalue weighted by Crippen LogP contribution is -2.67. The van der Waals surface area contributed by atoms with Gasteiger partial charge in [0.1, 0.15) is 5.54 Å². The maximum atomic E-state index is 13.1. The molecule has 1 fully saturated rings. The number of hydrogen-bond donors (Lipinski definition) is 2. The second-order valence-electron chi connectivity index (χ2n) is 9.17. The Balaban J connectivity index is 2.16. The average Bonchev–Trinajstić information content (AvgIpc) is 2.64. The maximum absolute atomic E-state index is 13.1. The lowest BCUT2D eigenvalue weighted by Gasteiger charge is -2.45. The van der Waals surface area contributed by atoms with Gasteiger partial charge in [0.25, 0.3) is 10.2 Å². The van der Waals surface area contributed by atoms with Crippen LogP contribution in [0.25, 0.3) is 0 Å². The van der Waals surface area contributed by atoms with Crippen LogP contribution in [0.15, 0.2) is 24.3 Å². The molecule has 2 rings (SSSR count). The molecule has 30 heavy (non-hydrogen) atoms. The first-order chi connectivity index (χ1) is 13.7. The average molecular weight is 459 g/mol. The summed E-state index contributed by atoms with van der Waals surface area (Å²) in [4.78, 5) is 24.9. The van der Waals surface area contributed by atoms with Crippen molar-refractivity contribution in [3.63, 3.8) is 0 Å². The van der Waals surface area contributed by atoms with Crippen LogP contribution in [0.2, 0.25) is 5.02 Å². The van der Waals surface area contributed by atoms with Crippen molar-refractivity contribution >= 4 is 33.6 Å². The van der Waals surface area contributed by atoms with E-state index in [9.17, 15) is 23.1 Å². The Morgan fingerprint density at radius 2 is 1.63 bits per heavy atom. The van der Waals surface area contributed by atoms with Gasteiger partial charge in [0, 0.05) is 29.6 Å². The number of piperidine rings is 1. The molecular weight excluding hydrogens is 428 g/mol. The number of ketones is 1. The molecule has 0 radical (unpaired) electrons. The van der Waals surface area contributed by atoms with Crippen LogP contribution >= 0.6 is 11.6 Å². The molecular formula is C21H31ClN2O5S. The summed E-state index contributed by atoms with van der Waals surface area (Å²) >= 11 is 5.87. The summed E-state index contributed by atoms with van der Waals surface area (Å²) < 4.78 is 29.9. The van der Waals surface area contributed by atoms with Crippen molar-refractivity contribution < 1.29 is 23.1 Å². The van der Waals surface area contributed by atoms with E-state index in [2.05, 4.69) is 4.72 Å². The molecule has 1 atom stereocenters. The number of carboxylic acids is 1. The summed E-state index contributed by atoms with van der Waals surface area (Å²) in [5, 5.41) is 10.5. The summed E-state index contributed by atoms with van der Waals surface area (Å²) in [5.41, 5.74) is -1.97. The third kappa shape index (κ3) is 4.88. The lowest BCUT2D eigenvalue weighted by atomic mass is 9.68. The highest BCUT2D eigenvalue weighted by Gasteiger charge is 2.54. The van der Waals surface area contributed by atoms with Crippen LogP contribution in [0.5, 0.6) is 0 Å². The van der Waals surface area contributed by atoms with Crippen molar-refractivity contribution in [2.24, 2.45) is 17.3 Å². The highest BCUT2D eigenvalue weighted by molar-refractivity contribution is 7.87. The maximum Gasteiger partial charge on any atom is 0.325 e. The molecule has 7 nitrogen and oxygen atoms in total. The SMILES string of the molecule is CC(C)[C@](NS(=O)(=O)N1CCC(C(=O)c2ccc(Cl)cc2)CC1)(C(=O)O)C(C)(C)C. The molecule has 1 saturated heterocycles. The van der Waals surface area contributed by atoms with Gasteiger partial charge in [-0.05, 0) is 48.4 Å². The van der Waals surface area contributed by atoms with Crippen LogP contribution in [0.1, 0.15) is 57.8 Å². The van der Waals surface area contributed by atoms with E-state index in [0.29, 0.717) is 23.4 Å².